The van der Waals surface area contributed by atoms with E-state index >= 15 is 0 Å². The molecular weight excluding hydrogens is 212 g/mol. The quantitative estimate of drug-likeness (QED) is 0.423. The van der Waals surface area contributed by atoms with Crippen molar-refractivity contribution >= 4 is 11.9 Å². The minimum absolute atomic E-state index is 0.663. The third kappa shape index (κ3) is 3.79. The molecule has 6 nitrogen and oxygen atoms in total. The van der Waals surface area contributed by atoms with Crippen LogP contribution < -0.4 is 5.73 Å². The fraction of sp³-hybridized carbons (Fsp3) is 0.800. The Morgan fingerprint density at radius 1 is 1.19 bits per heavy atom. The molecule has 0 aliphatic rings. The van der Waals surface area contributed by atoms with Gasteiger partial charge in [0.05, 0.1) is 7.11 Å². The number of hydroxylamine groups is 2. The molecule has 6 heteroatoms. The van der Waals surface area contributed by atoms with Crippen molar-refractivity contribution in [2.24, 2.45) is 5.73 Å². The first-order chi connectivity index (χ1) is 7.02. The van der Waals surface area contributed by atoms with Gasteiger partial charge in [0.15, 0.2) is 5.54 Å². The summed E-state index contributed by atoms with van der Waals surface area (Å²) in [5.41, 5.74) is 3.20. The minimum Gasteiger partial charge on any atom is -0.458 e. The van der Waals surface area contributed by atoms with Gasteiger partial charge in [0.1, 0.15) is 5.60 Å². The molecule has 0 bridgehead atoms. The van der Waals surface area contributed by atoms with Gasteiger partial charge in [-0.15, -0.1) is 0 Å². The van der Waals surface area contributed by atoms with Crippen molar-refractivity contribution in [3.63, 3.8) is 0 Å². The van der Waals surface area contributed by atoms with Gasteiger partial charge < -0.3 is 10.5 Å². The summed E-state index contributed by atoms with van der Waals surface area (Å²) in [7, 11) is 2.68. The Balaban J connectivity index is 4.79. The van der Waals surface area contributed by atoms with E-state index in [0.29, 0.717) is 0 Å². The number of carbonyl (C=O) groups excluding carboxylic acids is 2. The fourth-order valence-electron chi connectivity index (χ4n) is 0.881. The molecule has 16 heavy (non-hydrogen) atoms. The molecule has 1 amide bonds. The normalized spacial score (nSPS) is 15.2. The molecule has 1 atom stereocenters. The van der Waals surface area contributed by atoms with Crippen LogP contribution >= 0.6 is 0 Å². The molecule has 0 spiro atoms. The predicted molar refractivity (Wildman–Crippen MR) is 58.2 cm³/mol. The van der Waals surface area contributed by atoms with Crippen LogP contribution in [0.3, 0.4) is 0 Å². The van der Waals surface area contributed by atoms with Crippen molar-refractivity contribution in [3.8, 4) is 0 Å². The van der Waals surface area contributed by atoms with Crippen molar-refractivity contribution < 1.29 is 19.2 Å². The Morgan fingerprint density at radius 2 is 1.62 bits per heavy atom. The van der Waals surface area contributed by atoms with Crippen LogP contribution in [0.4, 0.5) is 0 Å². The second-order valence-corrected chi connectivity index (χ2v) is 4.69. The lowest BCUT2D eigenvalue weighted by molar-refractivity contribution is -0.183. The van der Waals surface area contributed by atoms with Crippen molar-refractivity contribution in [1.82, 2.24) is 5.06 Å². The lowest BCUT2D eigenvalue weighted by Crippen LogP contribution is -2.59. The number of carbonyl (C=O) groups is 2. The molecule has 0 heterocycles. The Bertz CT molecular complexity index is 281. The average molecular weight is 232 g/mol. The third-order valence-corrected chi connectivity index (χ3v) is 1.83. The van der Waals surface area contributed by atoms with Crippen LogP contribution in [0, 0.1) is 0 Å². The highest BCUT2D eigenvalue weighted by Crippen LogP contribution is 2.14. The number of rotatable bonds is 3. The van der Waals surface area contributed by atoms with Crippen molar-refractivity contribution in [1.29, 1.82) is 0 Å². The predicted octanol–water partition coefficient (Wildman–Crippen LogP) is 0.0653. The van der Waals surface area contributed by atoms with E-state index in [1.54, 1.807) is 20.8 Å². The van der Waals surface area contributed by atoms with Crippen molar-refractivity contribution in [2.45, 2.75) is 38.8 Å². The molecule has 0 radical (unpaired) electrons. The molecule has 0 aromatic carbocycles. The highest BCUT2D eigenvalue weighted by molar-refractivity contribution is 6.06. The molecule has 0 unspecified atom stereocenters. The van der Waals surface area contributed by atoms with E-state index in [4.69, 9.17) is 10.5 Å². The van der Waals surface area contributed by atoms with Gasteiger partial charge >= 0.3 is 5.97 Å². The lowest BCUT2D eigenvalue weighted by Gasteiger charge is -2.29. The summed E-state index contributed by atoms with van der Waals surface area (Å²) in [6.07, 6.45) is 0. The van der Waals surface area contributed by atoms with Gasteiger partial charge in [-0.1, -0.05) is 0 Å². The van der Waals surface area contributed by atoms with E-state index in [1.165, 1.54) is 21.1 Å². The Labute approximate surface area is 95.6 Å². The van der Waals surface area contributed by atoms with E-state index in [0.717, 1.165) is 5.06 Å². The second kappa shape index (κ2) is 4.80. The highest BCUT2D eigenvalue weighted by Gasteiger charge is 2.42. The first kappa shape index (κ1) is 14.9. The number of hydrogen-bond acceptors (Lipinski definition) is 5. The van der Waals surface area contributed by atoms with Crippen LogP contribution in [0.15, 0.2) is 0 Å². The molecule has 0 saturated carbocycles. The monoisotopic (exact) mass is 232 g/mol. The molecule has 0 saturated heterocycles. The molecular formula is C10H20N2O4. The van der Waals surface area contributed by atoms with E-state index in [1.807, 2.05) is 0 Å². The van der Waals surface area contributed by atoms with Gasteiger partial charge in [0, 0.05) is 7.05 Å². The molecule has 0 aromatic heterocycles. The average Bonchev–Trinajstić information content (AvgIpc) is 2.12. The fourth-order valence-corrected chi connectivity index (χ4v) is 0.881. The minimum atomic E-state index is -1.75. The number of nitrogens with two attached hydrogens (primary N) is 1. The van der Waals surface area contributed by atoms with Gasteiger partial charge in [0.25, 0.3) is 5.91 Å². The van der Waals surface area contributed by atoms with Crippen LogP contribution in [0.5, 0.6) is 0 Å². The first-order valence-corrected chi connectivity index (χ1v) is 4.87. The van der Waals surface area contributed by atoms with E-state index in [2.05, 4.69) is 4.84 Å². The third-order valence-electron chi connectivity index (χ3n) is 1.83. The zero-order valence-electron chi connectivity index (χ0n) is 10.7. The van der Waals surface area contributed by atoms with Gasteiger partial charge in [0.2, 0.25) is 0 Å². The van der Waals surface area contributed by atoms with Crippen molar-refractivity contribution in [3.05, 3.63) is 0 Å². The Kier molecular flexibility index (Phi) is 4.45. The highest BCUT2D eigenvalue weighted by atomic mass is 16.7. The SMILES string of the molecule is CON(C)C(=O)[C@](C)(N)C(=O)OC(C)(C)C. The number of nitrogens with zero attached hydrogens (tertiary/aromatic N) is 1. The number of esters is 1. The van der Waals surface area contributed by atoms with E-state index in [9.17, 15) is 9.59 Å². The number of likely N-dealkylation sites (N-methyl/N-ethyl adjacent to an activating group) is 1. The first-order valence-electron chi connectivity index (χ1n) is 4.87. The van der Waals surface area contributed by atoms with Crippen molar-refractivity contribution in [2.75, 3.05) is 14.2 Å². The summed E-state index contributed by atoms with van der Waals surface area (Å²) in [6.45, 7) is 6.39. The summed E-state index contributed by atoms with van der Waals surface area (Å²) in [6, 6.07) is 0. The van der Waals surface area contributed by atoms with Gasteiger partial charge in [-0.25, -0.2) is 9.86 Å². The maximum atomic E-state index is 11.7. The largest absolute Gasteiger partial charge is 0.458 e. The smallest absolute Gasteiger partial charge is 0.336 e. The maximum Gasteiger partial charge on any atom is 0.336 e. The summed E-state index contributed by atoms with van der Waals surface area (Å²) in [5.74, 6) is -1.45. The molecule has 0 aromatic rings. The number of hydrogen-bond donors (Lipinski definition) is 1. The Morgan fingerprint density at radius 3 is 1.94 bits per heavy atom. The molecule has 0 aliphatic carbocycles. The lowest BCUT2D eigenvalue weighted by atomic mass is 10.0. The number of amides is 1. The number of ether oxygens (including phenoxy) is 1. The van der Waals surface area contributed by atoms with Crippen LogP contribution in [0.1, 0.15) is 27.7 Å². The summed E-state index contributed by atoms with van der Waals surface area (Å²) >= 11 is 0. The zero-order valence-corrected chi connectivity index (χ0v) is 10.7. The Hall–Kier alpha value is -1.14. The summed E-state index contributed by atoms with van der Waals surface area (Å²) in [4.78, 5) is 28.1. The van der Waals surface area contributed by atoms with E-state index < -0.39 is 23.0 Å². The maximum absolute atomic E-state index is 11.7. The van der Waals surface area contributed by atoms with Crippen LogP contribution in [0.2, 0.25) is 0 Å². The van der Waals surface area contributed by atoms with Gasteiger partial charge in [-0.05, 0) is 27.7 Å². The van der Waals surface area contributed by atoms with Gasteiger partial charge in [-0.3, -0.25) is 9.63 Å². The van der Waals surface area contributed by atoms with Crippen LogP contribution in [-0.4, -0.2) is 42.2 Å². The standard InChI is InChI=1S/C10H20N2O4/c1-9(2,3)16-8(14)10(4,11)7(13)12(5)15-6/h11H2,1-6H3/t10-/m0/s1. The molecule has 2 N–H and O–H groups in total. The summed E-state index contributed by atoms with van der Waals surface area (Å²) < 4.78 is 5.05. The van der Waals surface area contributed by atoms with Crippen LogP contribution in [-0.2, 0) is 19.2 Å². The molecule has 0 fully saturated rings. The zero-order chi connectivity index (χ0) is 13.1. The molecule has 94 valence electrons. The summed E-state index contributed by atoms with van der Waals surface area (Å²) in [5, 5.41) is 0.893. The molecule has 0 aliphatic heterocycles. The van der Waals surface area contributed by atoms with E-state index in [-0.39, 0.29) is 0 Å². The molecule has 0 rings (SSSR count). The topological polar surface area (TPSA) is 81.9 Å². The van der Waals surface area contributed by atoms with Crippen LogP contribution in [0.25, 0.3) is 0 Å². The second-order valence-electron chi connectivity index (χ2n) is 4.69. The van der Waals surface area contributed by atoms with Gasteiger partial charge in [-0.2, -0.15) is 0 Å².